The predicted molar refractivity (Wildman–Crippen MR) is 120 cm³/mol. The first-order valence-corrected chi connectivity index (χ1v) is 10.5. The van der Waals surface area contributed by atoms with Gasteiger partial charge in [0.05, 0.1) is 0 Å². The van der Waals surface area contributed by atoms with Crippen LogP contribution in [0.4, 0.5) is 10.1 Å². The zero-order valence-electron chi connectivity index (χ0n) is 17.3. The largest absolute Gasteiger partial charge is 0.368 e. The van der Waals surface area contributed by atoms with Gasteiger partial charge in [-0.25, -0.2) is 4.39 Å². The van der Waals surface area contributed by atoms with E-state index in [2.05, 4.69) is 27.2 Å². The van der Waals surface area contributed by atoms with E-state index in [1.165, 1.54) is 17.8 Å². The van der Waals surface area contributed by atoms with Gasteiger partial charge in [0.2, 0.25) is 5.82 Å². The molecule has 1 amide bonds. The lowest BCUT2D eigenvalue weighted by Gasteiger charge is -2.36. The van der Waals surface area contributed by atoms with Crippen molar-refractivity contribution >= 4 is 11.6 Å². The van der Waals surface area contributed by atoms with Gasteiger partial charge in [-0.15, -0.1) is 0 Å². The fourth-order valence-electron chi connectivity index (χ4n) is 3.83. The van der Waals surface area contributed by atoms with Crippen LogP contribution >= 0.6 is 0 Å². The van der Waals surface area contributed by atoms with E-state index >= 15 is 0 Å². The molecule has 0 saturated carbocycles. The summed E-state index contributed by atoms with van der Waals surface area (Å²) in [4.78, 5) is 21.4. The maximum atomic E-state index is 13.4. The molecule has 0 atom stereocenters. The minimum absolute atomic E-state index is 0.00948. The molecule has 4 aromatic rings. The second-order valence-corrected chi connectivity index (χ2v) is 7.63. The lowest BCUT2D eigenvalue weighted by Crippen LogP contribution is -2.48. The summed E-state index contributed by atoms with van der Waals surface area (Å²) >= 11 is 0. The number of carbonyl (C=O) groups excluding carboxylic acids is 1. The van der Waals surface area contributed by atoms with Gasteiger partial charge in [-0.3, -0.25) is 4.79 Å². The van der Waals surface area contributed by atoms with Crippen LogP contribution in [0.1, 0.15) is 10.4 Å². The van der Waals surface area contributed by atoms with Crippen molar-refractivity contribution in [2.45, 2.75) is 0 Å². The van der Waals surface area contributed by atoms with Crippen LogP contribution in [0.2, 0.25) is 0 Å². The van der Waals surface area contributed by atoms with Crippen molar-refractivity contribution in [1.29, 1.82) is 0 Å². The molecular weight excluding hydrogens is 407 g/mol. The van der Waals surface area contributed by atoms with E-state index in [-0.39, 0.29) is 11.7 Å². The third kappa shape index (κ3) is 4.09. The quantitative estimate of drug-likeness (QED) is 0.479. The van der Waals surface area contributed by atoms with Crippen LogP contribution in [0.3, 0.4) is 0 Å². The lowest BCUT2D eigenvalue weighted by atomic mass is 10.1. The van der Waals surface area contributed by atoms with Crippen LogP contribution in [0.25, 0.3) is 22.8 Å². The second kappa shape index (κ2) is 8.63. The summed E-state index contributed by atoms with van der Waals surface area (Å²) in [5.74, 6) is 0.284. The number of hydrogen-bond donors (Lipinski definition) is 0. The van der Waals surface area contributed by atoms with Crippen LogP contribution in [0.15, 0.2) is 83.4 Å². The van der Waals surface area contributed by atoms with E-state index in [0.29, 0.717) is 41.5 Å². The van der Waals surface area contributed by atoms with Gasteiger partial charge in [0.25, 0.3) is 11.8 Å². The number of anilines is 1. The first-order chi connectivity index (χ1) is 15.7. The number of benzene rings is 3. The average molecular weight is 428 g/mol. The van der Waals surface area contributed by atoms with Crippen molar-refractivity contribution in [3.63, 3.8) is 0 Å². The number of carbonyl (C=O) groups is 1. The van der Waals surface area contributed by atoms with Crippen molar-refractivity contribution < 1.29 is 13.7 Å². The standard InChI is InChI=1S/C25H21FN4O2/c26-21-6-4-5-20(17-21)23-27-24(32-28-23)18-9-11-19(12-10-18)25(31)30-15-13-29(14-16-30)22-7-2-1-3-8-22/h1-12,17H,13-16H2. The second-order valence-electron chi connectivity index (χ2n) is 7.63. The van der Waals surface area contributed by atoms with Crippen LogP contribution in [-0.2, 0) is 0 Å². The zero-order valence-corrected chi connectivity index (χ0v) is 17.3. The molecule has 1 fully saturated rings. The van der Waals surface area contributed by atoms with Crippen molar-refractivity contribution in [2.75, 3.05) is 31.1 Å². The molecule has 0 radical (unpaired) electrons. The van der Waals surface area contributed by atoms with Crippen molar-refractivity contribution in [2.24, 2.45) is 0 Å². The molecule has 0 aliphatic carbocycles. The highest BCUT2D eigenvalue weighted by Crippen LogP contribution is 2.24. The fraction of sp³-hybridized carbons (Fsp3) is 0.160. The molecule has 7 heteroatoms. The SMILES string of the molecule is O=C(c1ccc(-c2nc(-c3cccc(F)c3)no2)cc1)N1CCN(c2ccccc2)CC1. The number of rotatable bonds is 4. The van der Waals surface area contributed by atoms with E-state index in [0.717, 1.165) is 13.1 Å². The molecule has 160 valence electrons. The molecule has 3 aromatic carbocycles. The first kappa shape index (κ1) is 19.9. The molecule has 1 aromatic heterocycles. The van der Waals surface area contributed by atoms with Crippen LogP contribution in [-0.4, -0.2) is 47.1 Å². The molecule has 5 rings (SSSR count). The summed E-state index contributed by atoms with van der Waals surface area (Å²) in [7, 11) is 0. The molecule has 1 aliphatic heterocycles. The third-order valence-corrected chi connectivity index (χ3v) is 5.58. The summed E-state index contributed by atoms with van der Waals surface area (Å²) in [5.41, 5.74) is 3.04. The highest BCUT2D eigenvalue weighted by atomic mass is 19.1. The Kier molecular flexibility index (Phi) is 5.37. The highest BCUT2D eigenvalue weighted by molar-refractivity contribution is 5.94. The van der Waals surface area contributed by atoms with Gasteiger partial charge in [-0.2, -0.15) is 4.98 Å². The molecule has 0 unspecified atom stereocenters. The number of piperazine rings is 1. The fourth-order valence-corrected chi connectivity index (χ4v) is 3.83. The Morgan fingerprint density at radius 2 is 1.59 bits per heavy atom. The third-order valence-electron chi connectivity index (χ3n) is 5.58. The van der Waals surface area contributed by atoms with E-state index in [1.807, 2.05) is 23.1 Å². The van der Waals surface area contributed by atoms with Gasteiger partial charge in [0.15, 0.2) is 0 Å². The zero-order chi connectivity index (χ0) is 21.9. The van der Waals surface area contributed by atoms with Gasteiger partial charge in [-0.1, -0.05) is 35.5 Å². The van der Waals surface area contributed by atoms with E-state index in [1.54, 1.807) is 36.4 Å². The Morgan fingerprint density at radius 1 is 0.844 bits per heavy atom. The number of hydrogen-bond acceptors (Lipinski definition) is 5. The van der Waals surface area contributed by atoms with Crippen LogP contribution < -0.4 is 4.90 Å². The Bertz CT molecular complexity index is 1220. The van der Waals surface area contributed by atoms with Gasteiger partial charge in [-0.05, 0) is 48.5 Å². The minimum Gasteiger partial charge on any atom is -0.368 e. The summed E-state index contributed by atoms with van der Waals surface area (Å²) < 4.78 is 18.8. The summed E-state index contributed by atoms with van der Waals surface area (Å²) in [6.07, 6.45) is 0. The van der Waals surface area contributed by atoms with E-state index in [4.69, 9.17) is 4.52 Å². The van der Waals surface area contributed by atoms with Crippen molar-refractivity contribution in [1.82, 2.24) is 15.0 Å². The molecule has 1 saturated heterocycles. The van der Waals surface area contributed by atoms with Gasteiger partial charge >= 0.3 is 0 Å². The molecule has 32 heavy (non-hydrogen) atoms. The van der Waals surface area contributed by atoms with E-state index < -0.39 is 0 Å². The van der Waals surface area contributed by atoms with Gasteiger partial charge < -0.3 is 14.3 Å². The molecule has 0 N–H and O–H groups in total. The summed E-state index contributed by atoms with van der Waals surface area (Å²) in [6, 6.07) is 23.4. The van der Waals surface area contributed by atoms with Crippen molar-refractivity contribution in [3.05, 3.63) is 90.2 Å². The summed E-state index contributed by atoms with van der Waals surface area (Å²) in [5, 5.41) is 3.93. The van der Waals surface area contributed by atoms with Crippen LogP contribution in [0, 0.1) is 5.82 Å². The highest BCUT2D eigenvalue weighted by Gasteiger charge is 2.22. The normalized spacial score (nSPS) is 13.9. The number of amides is 1. The minimum atomic E-state index is -0.360. The Morgan fingerprint density at radius 3 is 2.31 bits per heavy atom. The molecule has 2 heterocycles. The Balaban J connectivity index is 1.25. The molecule has 1 aliphatic rings. The lowest BCUT2D eigenvalue weighted by molar-refractivity contribution is 0.0747. The molecule has 6 nitrogen and oxygen atoms in total. The first-order valence-electron chi connectivity index (χ1n) is 10.5. The number of halogens is 1. The molecule has 0 bridgehead atoms. The molecular formula is C25H21FN4O2. The van der Waals surface area contributed by atoms with E-state index in [9.17, 15) is 9.18 Å². The van der Waals surface area contributed by atoms with Gasteiger partial charge in [0, 0.05) is 48.6 Å². The van der Waals surface area contributed by atoms with Crippen molar-refractivity contribution in [3.8, 4) is 22.8 Å². The van der Waals surface area contributed by atoms with Crippen LogP contribution in [0.5, 0.6) is 0 Å². The number of para-hydroxylation sites is 1. The maximum Gasteiger partial charge on any atom is 0.258 e. The Hall–Kier alpha value is -4.00. The number of nitrogens with zero attached hydrogens (tertiary/aromatic N) is 4. The average Bonchev–Trinajstić information content (AvgIpc) is 3.35. The topological polar surface area (TPSA) is 62.5 Å². The Labute approximate surface area is 184 Å². The van der Waals surface area contributed by atoms with Gasteiger partial charge in [0.1, 0.15) is 5.82 Å². The number of aromatic nitrogens is 2. The molecule has 0 spiro atoms. The maximum absolute atomic E-state index is 13.4. The summed E-state index contributed by atoms with van der Waals surface area (Å²) in [6.45, 7) is 2.96. The smallest absolute Gasteiger partial charge is 0.258 e. The predicted octanol–water partition coefficient (Wildman–Crippen LogP) is 4.51. The monoisotopic (exact) mass is 428 g/mol.